The van der Waals surface area contributed by atoms with Crippen LogP contribution in [0.25, 0.3) is 0 Å². The summed E-state index contributed by atoms with van der Waals surface area (Å²) in [4.78, 5) is 13.4. The first-order valence-electron chi connectivity index (χ1n) is 5.40. The minimum absolute atomic E-state index is 0.0599. The van der Waals surface area contributed by atoms with Crippen LogP contribution in [0, 0.1) is 0 Å². The van der Waals surface area contributed by atoms with Gasteiger partial charge in [-0.3, -0.25) is 4.72 Å². The van der Waals surface area contributed by atoms with Crippen LogP contribution in [-0.2, 0) is 10.0 Å². The van der Waals surface area contributed by atoms with Gasteiger partial charge in [-0.25, -0.2) is 13.4 Å². The second-order valence-corrected chi connectivity index (χ2v) is 6.33. The number of carbonyl (C=O) groups is 1. The number of carbonyl (C=O) groups excluding carboxylic acids is 1. The second-order valence-electron chi connectivity index (χ2n) is 3.83. The van der Waals surface area contributed by atoms with Gasteiger partial charge in [0.1, 0.15) is 4.90 Å². The summed E-state index contributed by atoms with van der Waals surface area (Å²) in [6.45, 7) is 0. The highest BCUT2D eigenvalue weighted by Crippen LogP contribution is 2.25. The quantitative estimate of drug-likeness (QED) is 0.857. The largest absolute Gasteiger partial charge is 0.545 e. The van der Waals surface area contributed by atoms with Crippen LogP contribution in [0.3, 0.4) is 0 Å². The van der Waals surface area contributed by atoms with Crippen molar-refractivity contribution in [3.8, 4) is 0 Å². The van der Waals surface area contributed by atoms with Crippen molar-refractivity contribution < 1.29 is 23.3 Å². The minimum Gasteiger partial charge on any atom is -0.545 e. The summed E-state index contributed by atoms with van der Waals surface area (Å²) < 4.78 is 26.9. The summed E-state index contributed by atoms with van der Waals surface area (Å²) in [6, 6.07) is 6.67. The molecule has 0 unspecified atom stereocenters. The van der Waals surface area contributed by atoms with Gasteiger partial charge in [0.2, 0.25) is 0 Å². The number of rotatable bonds is 4. The molecule has 0 fully saturated rings. The molecule has 104 valence electrons. The summed E-state index contributed by atoms with van der Waals surface area (Å²) in [7, 11) is -3.81. The number of carboxylic acid groups (broad SMARTS) is 1. The lowest BCUT2D eigenvalue weighted by Gasteiger charge is -2.10. The van der Waals surface area contributed by atoms with Crippen LogP contribution < -0.4 is 14.8 Å². The monoisotopic (exact) mass is 356 g/mol. The molecule has 20 heavy (non-hydrogen) atoms. The maximum Gasteiger partial charge on any atom is 0.263 e. The van der Waals surface area contributed by atoms with E-state index in [1.165, 1.54) is 18.2 Å². The summed E-state index contributed by atoms with van der Waals surface area (Å²) >= 11 is 3.05. The van der Waals surface area contributed by atoms with Crippen LogP contribution >= 0.6 is 15.9 Å². The molecule has 6 nitrogen and oxygen atoms in total. The zero-order valence-corrected chi connectivity index (χ0v) is 12.4. The molecule has 1 aromatic carbocycles. The highest BCUT2D eigenvalue weighted by Gasteiger charge is 2.18. The lowest BCUT2D eigenvalue weighted by Crippen LogP contribution is -2.22. The predicted octanol–water partition coefficient (Wildman–Crippen LogP) is 0.427. The fourth-order valence-corrected chi connectivity index (χ4v) is 3.65. The van der Waals surface area contributed by atoms with Crippen molar-refractivity contribution in [3.63, 3.8) is 0 Å². The van der Waals surface area contributed by atoms with E-state index in [4.69, 9.17) is 0 Å². The molecular weight excluding hydrogens is 348 g/mol. The van der Waals surface area contributed by atoms with Gasteiger partial charge >= 0.3 is 0 Å². The Kier molecular flexibility index (Phi) is 4.05. The number of aromatic carboxylic acids is 1. The molecule has 0 radical (unpaired) electrons. The van der Waals surface area contributed by atoms with Crippen LogP contribution in [0.2, 0.25) is 0 Å². The molecule has 0 saturated heterocycles. The van der Waals surface area contributed by atoms with E-state index in [1.54, 1.807) is 24.5 Å². The maximum absolute atomic E-state index is 12.2. The van der Waals surface area contributed by atoms with Crippen molar-refractivity contribution in [1.82, 2.24) is 0 Å². The van der Waals surface area contributed by atoms with Crippen LogP contribution in [0.1, 0.15) is 10.4 Å². The molecular formula is C12H9BrN2O4S. The Labute approximate surface area is 123 Å². The number of benzene rings is 1. The smallest absolute Gasteiger partial charge is 0.263 e. The molecule has 0 aliphatic rings. The highest BCUT2D eigenvalue weighted by molar-refractivity contribution is 9.10. The van der Waals surface area contributed by atoms with Crippen molar-refractivity contribution in [1.29, 1.82) is 0 Å². The molecule has 1 heterocycles. The maximum atomic E-state index is 12.2. The highest BCUT2D eigenvalue weighted by atomic mass is 79.9. The van der Waals surface area contributed by atoms with Crippen molar-refractivity contribution >= 4 is 37.6 Å². The number of nitrogens with one attached hydrogen (secondary N) is 2. The fourth-order valence-electron chi connectivity index (χ4n) is 1.51. The molecule has 0 aliphatic carbocycles. The van der Waals surface area contributed by atoms with Crippen molar-refractivity contribution in [3.05, 3.63) is 52.8 Å². The zero-order chi connectivity index (χ0) is 14.8. The van der Waals surface area contributed by atoms with Gasteiger partial charge in [-0.15, -0.1) is 0 Å². The number of carboxylic acids is 1. The van der Waals surface area contributed by atoms with Gasteiger partial charge in [-0.1, -0.05) is 6.07 Å². The third-order valence-electron chi connectivity index (χ3n) is 2.43. The van der Waals surface area contributed by atoms with Gasteiger partial charge in [-0.2, -0.15) is 0 Å². The average molecular weight is 357 g/mol. The van der Waals surface area contributed by atoms with Gasteiger partial charge < -0.3 is 9.90 Å². The third kappa shape index (κ3) is 3.14. The van der Waals surface area contributed by atoms with Crippen LogP contribution in [0.4, 0.5) is 5.69 Å². The molecule has 0 amide bonds. The normalized spacial score (nSPS) is 11.1. The first-order chi connectivity index (χ1) is 9.40. The van der Waals surface area contributed by atoms with Crippen LogP contribution in [-0.4, -0.2) is 14.4 Å². The van der Waals surface area contributed by atoms with Gasteiger partial charge in [0.15, 0.2) is 12.4 Å². The van der Waals surface area contributed by atoms with Gasteiger partial charge in [0.05, 0.1) is 11.7 Å². The number of sulfonamides is 1. The predicted molar refractivity (Wildman–Crippen MR) is 72.3 cm³/mol. The van der Waals surface area contributed by atoms with E-state index in [9.17, 15) is 18.3 Å². The van der Waals surface area contributed by atoms with Crippen LogP contribution in [0.15, 0.2) is 52.1 Å². The van der Waals surface area contributed by atoms with E-state index in [0.29, 0.717) is 5.69 Å². The van der Waals surface area contributed by atoms with Crippen molar-refractivity contribution in [2.24, 2.45) is 0 Å². The number of aromatic nitrogens is 1. The number of halogens is 1. The summed E-state index contributed by atoms with van der Waals surface area (Å²) in [5.41, 5.74) is 0.282. The standard InChI is InChI=1S/C12H9BrN2O4S/c13-10-7-8(12(16)17)1-2-11(10)20(18,19)15-9-3-5-14-6-4-9/h1-7H,(H,14,15)(H,16,17). The van der Waals surface area contributed by atoms with Crippen molar-refractivity contribution in [2.45, 2.75) is 4.90 Å². The second kappa shape index (κ2) is 5.59. The molecule has 8 heteroatoms. The van der Waals surface area contributed by atoms with E-state index in [0.717, 1.165) is 0 Å². The van der Waals surface area contributed by atoms with Crippen LogP contribution in [0.5, 0.6) is 0 Å². The molecule has 2 rings (SSSR count). The minimum atomic E-state index is -3.81. The molecule has 0 bridgehead atoms. The Morgan fingerprint density at radius 2 is 1.85 bits per heavy atom. The Hall–Kier alpha value is -1.93. The number of hydrogen-bond acceptors (Lipinski definition) is 4. The molecule has 1 aromatic heterocycles. The fraction of sp³-hybridized carbons (Fsp3) is 0. The molecule has 0 atom stereocenters. The third-order valence-corrected chi connectivity index (χ3v) is 4.79. The van der Waals surface area contributed by atoms with Gasteiger partial charge in [0, 0.05) is 16.6 Å². The van der Waals surface area contributed by atoms with E-state index < -0.39 is 16.0 Å². The van der Waals surface area contributed by atoms with Gasteiger partial charge in [0.25, 0.3) is 10.0 Å². The number of H-pyrrole nitrogens is 1. The SMILES string of the molecule is O=C([O-])c1ccc(S(=O)(=O)Nc2cc[nH+]cc2)c(Br)c1. The first kappa shape index (κ1) is 14.5. The number of anilines is 1. The Morgan fingerprint density at radius 1 is 1.20 bits per heavy atom. The number of aromatic amines is 1. The summed E-state index contributed by atoms with van der Waals surface area (Å²) in [5.74, 6) is -1.37. The first-order valence-corrected chi connectivity index (χ1v) is 7.67. The van der Waals surface area contributed by atoms with E-state index >= 15 is 0 Å². The molecule has 0 spiro atoms. The Morgan fingerprint density at radius 3 is 2.40 bits per heavy atom. The Balaban J connectivity index is 2.37. The average Bonchev–Trinajstić information content (AvgIpc) is 2.38. The molecule has 0 aliphatic heterocycles. The lowest BCUT2D eigenvalue weighted by atomic mass is 10.2. The number of pyridine rings is 1. The molecule has 2 N–H and O–H groups in total. The summed E-state index contributed by atoms with van der Waals surface area (Å²) in [5, 5.41) is 10.7. The number of hydrogen-bond donors (Lipinski definition) is 1. The Bertz CT molecular complexity index is 747. The van der Waals surface area contributed by atoms with E-state index in [2.05, 4.69) is 25.6 Å². The van der Waals surface area contributed by atoms with E-state index in [-0.39, 0.29) is 14.9 Å². The topological polar surface area (TPSA) is 100 Å². The lowest BCUT2D eigenvalue weighted by molar-refractivity contribution is -0.377. The van der Waals surface area contributed by atoms with Crippen molar-refractivity contribution in [2.75, 3.05) is 4.72 Å². The van der Waals surface area contributed by atoms with E-state index in [1.807, 2.05) is 0 Å². The summed E-state index contributed by atoms with van der Waals surface area (Å²) in [6.07, 6.45) is 3.15. The zero-order valence-electron chi connectivity index (χ0n) is 9.96. The molecule has 0 saturated carbocycles. The molecule has 2 aromatic rings. The van der Waals surface area contributed by atoms with Gasteiger partial charge in [-0.05, 0) is 33.6 Å².